The predicted octanol–water partition coefficient (Wildman–Crippen LogP) is 8.88. The van der Waals surface area contributed by atoms with Crippen LogP contribution in [-0.4, -0.2) is 15.9 Å². The van der Waals surface area contributed by atoms with Gasteiger partial charge < -0.3 is 14.2 Å². The number of para-hydroxylation sites is 1. The summed E-state index contributed by atoms with van der Waals surface area (Å²) in [7, 11) is 1.69. The summed E-state index contributed by atoms with van der Waals surface area (Å²) >= 11 is 4.47. The molecule has 0 N–H and O–H groups in total. The van der Waals surface area contributed by atoms with Crippen LogP contribution in [-0.2, 0) is 11.3 Å². The van der Waals surface area contributed by atoms with Crippen molar-refractivity contribution in [3.05, 3.63) is 95.2 Å². The maximum atomic E-state index is 6.67. The van der Waals surface area contributed by atoms with Gasteiger partial charge in [-0.3, -0.25) is 0 Å². The molecule has 0 unspecified atom stereocenters. The smallest absolute Gasteiger partial charge is 0.181 e. The SMILES string of the molecule is COCc1ccc(Oc2c(Oc3ccccc3)c(-c3cccs3)c3nsnc3c2-c2cccs2)cc1. The van der Waals surface area contributed by atoms with Gasteiger partial charge in [0.1, 0.15) is 22.5 Å². The normalized spacial score (nSPS) is 11.1. The minimum absolute atomic E-state index is 0.544. The Morgan fingerprint density at radius 1 is 0.639 bits per heavy atom. The fraction of sp³-hybridized carbons (Fsp3) is 0.0714. The van der Waals surface area contributed by atoms with Crippen molar-refractivity contribution in [3.63, 3.8) is 0 Å². The third-order valence-electron chi connectivity index (χ3n) is 5.58. The molecule has 0 aliphatic rings. The van der Waals surface area contributed by atoms with Gasteiger partial charge in [-0.25, -0.2) is 0 Å². The average molecular weight is 529 g/mol. The molecule has 3 aromatic heterocycles. The second-order valence-electron chi connectivity index (χ2n) is 7.92. The lowest BCUT2D eigenvalue weighted by atomic mass is 10.0. The zero-order valence-electron chi connectivity index (χ0n) is 19.2. The Labute approximate surface area is 220 Å². The molecule has 5 nitrogen and oxygen atoms in total. The van der Waals surface area contributed by atoms with E-state index in [0.29, 0.717) is 23.9 Å². The van der Waals surface area contributed by atoms with E-state index >= 15 is 0 Å². The molecular formula is C28H20N2O3S3. The quantitative estimate of drug-likeness (QED) is 0.197. The summed E-state index contributed by atoms with van der Waals surface area (Å²) in [4.78, 5) is 2.07. The average Bonchev–Trinajstić information content (AvgIpc) is 3.70. The van der Waals surface area contributed by atoms with Crippen LogP contribution in [0.25, 0.3) is 31.9 Å². The fourth-order valence-electron chi connectivity index (χ4n) is 4.00. The number of ether oxygens (including phenoxy) is 3. The van der Waals surface area contributed by atoms with Crippen molar-refractivity contribution in [2.24, 2.45) is 0 Å². The summed E-state index contributed by atoms with van der Waals surface area (Å²) in [5.74, 6) is 2.65. The highest BCUT2D eigenvalue weighted by atomic mass is 32.1. The van der Waals surface area contributed by atoms with Crippen LogP contribution >= 0.6 is 34.4 Å². The third-order valence-corrected chi connectivity index (χ3v) is 7.88. The van der Waals surface area contributed by atoms with E-state index in [2.05, 4.69) is 22.9 Å². The molecule has 0 radical (unpaired) electrons. The first-order valence-corrected chi connectivity index (χ1v) is 13.7. The van der Waals surface area contributed by atoms with E-state index in [1.165, 1.54) is 11.7 Å². The lowest BCUT2D eigenvalue weighted by molar-refractivity contribution is 0.185. The van der Waals surface area contributed by atoms with Gasteiger partial charge in [0.05, 0.1) is 29.5 Å². The molecule has 0 saturated carbocycles. The molecule has 178 valence electrons. The van der Waals surface area contributed by atoms with Crippen molar-refractivity contribution in [3.8, 4) is 43.9 Å². The van der Waals surface area contributed by atoms with E-state index in [4.69, 9.17) is 23.0 Å². The molecule has 0 aliphatic carbocycles. The molecule has 0 bridgehead atoms. The van der Waals surface area contributed by atoms with Crippen molar-refractivity contribution in [2.75, 3.05) is 7.11 Å². The van der Waals surface area contributed by atoms with E-state index in [1.54, 1.807) is 29.8 Å². The van der Waals surface area contributed by atoms with Crippen molar-refractivity contribution >= 4 is 45.4 Å². The molecule has 36 heavy (non-hydrogen) atoms. The second kappa shape index (κ2) is 10.2. The Hall–Kier alpha value is -3.56. The first kappa shape index (κ1) is 22.9. The molecule has 3 aromatic carbocycles. The van der Waals surface area contributed by atoms with Crippen LogP contribution in [0.3, 0.4) is 0 Å². The van der Waals surface area contributed by atoms with Crippen LogP contribution in [0, 0.1) is 0 Å². The summed E-state index contributed by atoms with van der Waals surface area (Å²) in [5, 5.41) is 4.10. The molecular weight excluding hydrogens is 509 g/mol. The molecule has 0 spiro atoms. The monoisotopic (exact) mass is 528 g/mol. The number of rotatable bonds is 8. The summed E-state index contributed by atoms with van der Waals surface area (Å²) in [6.07, 6.45) is 0. The Balaban J connectivity index is 1.63. The second-order valence-corrected chi connectivity index (χ2v) is 10.3. The van der Waals surface area contributed by atoms with Gasteiger partial charge >= 0.3 is 0 Å². The number of nitrogens with zero attached hydrogens (tertiary/aromatic N) is 2. The first-order valence-electron chi connectivity index (χ1n) is 11.2. The van der Waals surface area contributed by atoms with Gasteiger partial charge in [0.15, 0.2) is 11.5 Å². The zero-order chi connectivity index (χ0) is 24.3. The van der Waals surface area contributed by atoms with Gasteiger partial charge in [0, 0.05) is 16.9 Å². The fourth-order valence-corrected chi connectivity index (χ4v) is 6.09. The van der Waals surface area contributed by atoms with Gasteiger partial charge in [-0.1, -0.05) is 42.5 Å². The van der Waals surface area contributed by atoms with Crippen LogP contribution in [0.2, 0.25) is 0 Å². The standard InChI is InChI=1S/C28H20N2O3S3/c1-31-17-18-11-13-20(14-12-18)33-28-24(22-10-6-16-35-22)26-25(29-36-30-26)23(21-9-5-15-34-21)27(28)32-19-7-3-2-4-8-19/h2-16H,17H2,1H3. The molecule has 0 saturated heterocycles. The van der Waals surface area contributed by atoms with Crippen LogP contribution in [0.4, 0.5) is 0 Å². The maximum absolute atomic E-state index is 6.67. The highest BCUT2D eigenvalue weighted by Crippen LogP contribution is 2.54. The molecule has 0 amide bonds. The summed E-state index contributed by atoms with van der Waals surface area (Å²) in [6, 6.07) is 25.9. The number of thiophene rings is 2. The van der Waals surface area contributed by atoms with E-state index in [1.807, 2.05) is 66.7 Å². The first-order chi connectivity index (χ1) is 17.8. The lowest BCUT2D eigenvalue weighted by Gasteiger charge is -2.19. The lowest BCUT2D eigenvalue weighted by Crippen LogP contribution is -1.98. The maximum Gasteiger partial charge on any atom is 0.181 e. The Morgan fingerprint density at radius 2 is 1.19 bits per heavy atom. The minimum Gasteiger partial charge on any atom is -0.453 e. The van der Waals surface area contributed by atoms with E-state index in [-0.39, 0.29) is 0 Å². The summed E-state index contributed by atoms with van der Waals surface area (Å²) < 4.78 is 28.0. The molecule has 3 heterocycles. The topological polar surface area (TPSA) is 53.5 Å². The van der Waals surface area contributed by atoms with Crippen molar-refractivity contribution in [1.29, 1.82) is 0 Å². The van der Waals surface area contributed by atoms with E-state index in [9.17, 15) is 0 Å². The molecule has 0 fully saturated rings. The third kappa shape index (κ3) is 4.40. The van der Waals surface area contributed by atoms with Gasteiger partial charge in [-0.2, -0.15) is 8.75 Å². The summed E-state index contributed by atoms with van der Waals surface area (Å²) in [6.45, 7) is 0.544. The Kier molecular flexibility index (Phi) is 6.48. The highest BCUT2D eigenvalue weighted by Gasteiger charge is 2.28. The number of hydrogen-bond donors (Lipinski definition) is 0. The van der Waals surface area contributed by atoms with Gasteiger partial charge in [0.25, 0.3) is 0 Å². The molecule has 6 rings (SSSR count). The molecule has 8 heteroatoms. The van der Waals surface area contributed by atoms with Crippen LogP contribution in [0.5, 0.6) is 23.0 Å². The molecule has 0 atom stereocenters. The van der Waals surface area contributed by atoms with Crippen molar-refractivity contribution < 1.29 is 14.2 Å². The number of benzene rings is 3. The van der Waals surface area contributed by atoms with E-state index < -0.39 is 0 Å². The highest BCUT2D eigenvalue weighted by molar-refractivity contribution is 7.14. The van der Waals surface area contributed by atoms with Gasteiger partial charge in [0.2, 0.25) is 0 Å². The number of methoxy groups -OCH3 is 1. The van der Waals surface area contributed by atoms with Crippen LogP contribution in [0.15, 0.2) is 89.6 Å². The van der Waals surface area contributed by atoms with Gasteiger partial charge in [-0.05, 0) is 52.7 Å². The van der Waals surface area contributed by atoms with Crippen molar-refractivity contribution in [2.45, 2.75) is 6.61 Å². The van der Waals surface area contributed by atoms with Gasteiger partial charge in [-0.15, -0.1) is 22.7 Å². The molecule has 0 aliphatic heterocycles. The van der Waals surface area contributed by atoms with Crippen LogP contribution < -0.4 is 9.47 Å². The predicted molar refractivity (Wildman–Crippen MR) is 148 cm³/mol. The minimum atomic E-state index is 0.544. The Morgan fingerprint density at radius 3 is 1.69 bits per heavy atom. The van der Waals surface area contributed by atoms with E-state index in [0.717, 1.165) is 43.2 Å². The Bertz CT molecular complexity index is 1580. The number of fused-ring (bicyclic) bond motifs is 1. The number of hydrogen-bond acceptors (Lipinski definition) is 8. The summed E-state index contributed by atoms with van der Waals surface area (Å²) in [5.41, 5.74) is 4.43. The number of aromatic nitrogens is 2. The zero-order valence-corrected chi connectivity index (χ0v) is 21.7. The molecule has 6 aromatic rings. The largest absolute Gasteiger partial charge is 0.453 e. The van der Waals surface area contributed by atoms with Crippen molar-refractivity contribution in [1.82, 2.24) is 8.75 Å². The van der Waals surface area contributed by atoms with Crippen LogP contribution in [0.1, 0.15) is 5.56 Å².